The Balaban J connectivity index is 2.63. The predicted molar refractivity (Wildman–Crippen MR) is 71.0 cm³/mol. The van der Waals surface area contributed by atoms with Crippen molar-refractivity contribution in [2.24, 2.45) is 5.92 Å². The van der Waals surface area contributed by atoms with E-state index in [4.69, 9.17) is 16.3 Å². The Morgan fingerprint density at radius 2 is 2.18 bits per heavy atom. The first-order chi connectivity index (χ1) is 8.04. The highest BCUT2D eigenvalue weighted by Crippen LogP contribution is 2.26. The van der Waals surface area contributed by atoms with Crippen LogP contribution in [0, 0.1) is 5.92 Å². The van der Waals surface area contributed by atoms with Crippen molar-refractivity contribution < 1.29 is 9.53 Å². The van der Waals surface area contributed by atoms with Gasteiger partial charge in [0.25, 0.3) is 0 Å². The highest BCUT2D eigenvalue weighted by Gasteiger charge is 2.07. The third kappa shape index (κ3) is 4.39. The molecule has 1 unspecified atom stereocenters. The standard InChI is InChI=1S/C14H19ClO2/c1-4-5-10(2)9-17-14-7-6-12(11(3)16)8-13(14)15/h6-8,10H,4-5,9H2,1-3H3. The molecule has 0 saturated heterocycles. The fraction of sp³-hybridized carbons (Fsp3) is 0.500. The van der Waals surface area contributed by atoms with Crippen molar-refractivity contribution in [1.82, 2.24) is 0 Å². The average Bonchev–Trinajstić information content (AvgIpc) is 2.27. The zero-order valence-corrected chi connectivity index (χ0v) is 11.4. The summed E-state index contributed by atoms with van der Waals surface area (Å²) >= 11 is 6.06. The molecule has 94 valence electrons. The smallest absolute Gasteiger partial charge is 0.159 e. The molecular weight excluding hydrogens is 236 g/mol. The van der Waals surface area contributed by atoms with Crippen molar-refractivity contribution in [3.63, 3.8) is 0 Å². The monoisotopic (exact) mass is 254 g/mol. The maximum atomic E-state index is 11.2. The number of ketones is 1. The molecule has 0 N–H and O–H groups in total. The van der Waals surface area contributed by atoms with E-state index in [1.54, 1.807) is 18.2 Å². The van der Waals surface area contributed by atoms with E-state index in [2.05, 4.69) is 13.8 Å². The van der Waals surface area contributed by atoms with Gasteiger partial charge in [-0.15, -0.1) is 0 Å². The minimum atomic E-state index is 0.0119. The Morgan fingerprint density at radius 1 is 1.47 bits per heavy atom. The highest BCUT2D eigenvalue weighted by molar-refractivity contribution is 6.32. The molecule has 0 aromatic heterocycles. The lowest BCUT2D eigenvalue weighted by Crippen LogP contribution is -2.08. The van der Waals surface area contributed by atoms with Crippen molar-refractivity contribution in [2.75, 3.05) is 6.61 Å². The zero-order valence-electron chi connectivity index (χ0n) is 10.6. The van der Waals surface area contributed by atoms with E-state index >= 15 is 0 Å². The van der Waals surface area contributed by atoms with E-state index in [9.17, 15) is 4.79 Å². The van der Waals surface area contributed by atoms with Crippen molar-refractivity contribution in [2.45, 2.75) is 33.6 Å². The van der Waals surface area contributed by atoms with Gasteiger partial charge in [0.05, 0.1) is 11.6 Å². The molecule has 1 aromatic carbocycles. The van der Waals surface area contributed by atoms with E-state index in [1.165, 1.54) is 6.92 Å². The Bertz CT molecular complexity index is 388. The van der Waals surface area contributed by atoms with Crippen LogP contribution in [0.15, 0.2) is 18.2 Å². The second-order valence-electron chi connectivity index (χ2n) is 4.41. The molecule has 2 nitrogen and oxygen atoms in total. The first-order valence-corrected chi connectivity index (χ1v) is 6.35. The van der Waals surface area contributed by atoms with Crippen LogP contribution in [0.1, 0.15) is 44.0 Å². The number of carbonyl (C=O) groups excluding carboxylic acids is 1. The predicted octanol–water partition coefficient (Wildman–Crippen LogP) is 4.36. The number of halogens is 1. The van der Waals surface area contributed by atoms with Gasteiger partial charge in [-0.1, -0.05) is 31.9 Å². The van der Waals surface area contributed by atoms with E-state index < -0.39 is 0 Å². The van der Waals surface area contributed by atoms with Gasteiger partial charge in [-0.25, -0.2) is 0 Å². The van der Waals surface area contributed by atoms with E-state index in [0.29, 0.717) is 28.9 Å². The number of ether oxygens (including phenoxy) is 1. The largest absolute Gasteiger partial charge is 0.492 e. The van der Waals surface area contributed by atoms with Crippen LogP contribution in [0.4, 0.5) is 0 Å². The molecule has 0 fully saturated rings. The molecule has 0 amide bonds. The Kier molecular flexibility index (Phi) is 5.49. The third-order valence-electron chi connectivity index (χ3n) is 2.64. The van der Waals surface area contributed by atoms with Crippen LogP contribution in [-0.4, -0.2) is 12.4 Å². The first-order valence-electron chi connectivity index (χ1n) is 5.97. The lowest BCUT2D eigenvalue weighted by atomic mass is 10.1. The van der Waals surface area contributed by atoms with Gasteiger partial charge in [0.15, 0.2) is 5.78 Å². The molecule has 0 spiro atoms. The molecule has 0 heterocycles. The van der Waals surface area contributed by atoms with Gasteiger partial charge in [0.2, 0.25) is 0 Å². The molecule has 17 heavy (non-hydrogen) atoms. The summed E-state index contributed by atoms with van der Waals surface area (Å²) in [5.74, 6) is 1.18. The molecule has 0 aliphatic rings. The normalized spacial score (nSPS) is 12.2. The molecule has 3 heteroatoms. The number of rotatable bonds is 6. The summed E-state index contributed by atoms with van der Waals surface area (Å²) < 4.78 is 5.64. The van der Waals surface area contributed by atoms with E-state index in [-0.39, 0.29) is 5.78 Å². The summed E-state index contributed by atoms with van der Waals surface area (Å²) in [5, 5.41) is 0.501. The molecule has 0 saturated carbocycles. The third-order valence-corrected chi connectivity index (χ3v) is 2.94. The van der Waals surface area contributed by atoms with Crippen LogP contribution >= 0.6 is 11.6 Å². The van der Waals surface area contributed by atoms with Gasteiger partial charge < -0.3 is 4.74 Å². The van der Waals surface area contributed by atoms with Gasteiger partial charge in [0, 0.05) is 5.56 Å². The van der Waals surface area contributed by atoms with E-state index in [1.807, 2.05) is 0 Å². The summed E-state index contributed by atoms with van der Waals surface area (Å²) in [4.78, 5) is 11.2. The second kappa shape index (κ2) is 6.65. The zero-order chi connectivity index (χ0) is 12.8. The van der Waals surface area contributed by atoms with Crippen LogP contribution in [0.25, 0.3) is 0 Å². The van der Waals surface area contributed by atoms with Crippen molar-refractivity contribution >= 4 is 17.4 Å². The van der Waals surface area contributed by atoms with Crippen LogP contribution in [0.2, 0.25) is 5.02 Å². The van der Waals surface area contributed by atoms with Gasteiger partial charge in [-0.3, -0.25) is 4.79 Å². The Hall–Kier alpha value is -1.02. The van der Waals surface area contributed by atoms with Crippen LogP contribution in [0.5, 0.6) is 5.75 Å². The lowest BCUT2D eigenvalue weighted by molar-refractivity contribution is 0.101. The van der Waals surface area contributed by atoms with Gasteiger partial charge in [0.1, 0.15) is 5.75 Å². The second-order valence-corrected chi connectivity index (χ2v) is 4.81. The molecule has 0 bridgehead atoms. The molecule has 0 radical (unpaired) electrons. The highest BCUT2D eigenvalue weighted by atomic mass is 35.5. The summed E-state index contributed by atoms with van der Waals surface area (Å²) in [7, 11) is 0. The minimum absolute atomic E-state index is 0.0119. The molecule has 1 aromatic rings. The number of hydrogen-bond acceptors (Lipinski definition) is 2. The van der Waals surface area contributed by atoms with Gasteiger partial charge in [-0.2, -0.15) is 0 Å². The van der Waals surface area contributed by atoms with Gasteiger partial charge >= 0.3 is 0 Å². The number of carbonyl (C=O) groups is 1. The summed E-state index contributed by atoms with van der Waals surface area (Å²) in [6.45, 7) is 6.50. The fourth-order valence-corrected chi connectivity index (χ4v) is 1.88. The SMILES string of the molecule is CCCC(C)COc1ccc(C(C)=O)cc1Cl. The van der Waals surface area contributed by atoms with Crippen molar-refractivity contribution in [3.8, 4) is 5.75 Å². The Labute approximate surface area is 108 Å². The van der Waals surface area contributed by atoms with Crippen LogP contribution < -0.4 is 4.74 Å². The Morgan fingerprint density at radius 3 is 2.71 bits per heavy atom. The summed E-state index contributed by atoms with van der Waals surface area (Å²) in [6, 6.07) is 5.16. The number of hydrogen-bond donors (Lipinski definition) is 0. The molecule has 1 rings (SSSR count). The first kappa shape index (κ1) is 14.0. The number of benzene rings is 1. The topological polar surface area (TPSA) is 26.3 Å². The maximum Gasteiger partial charge on any atom is 0.159 e. The van der Waals surface area contributed by atoms with Crippen molar-refractivity contribution in [3.05, 3.63) is 28.8 Å². The van der Waals surface area contributed by atoms with Gasteiger partial charge in [-0.05, 0) is 37.5 Å². The molecule has 0 aliphatic carbocycles. The van der Waals surface area contributed by atoms with Crippen molar-refractivity contribution in [1.29, 1.82) is 0 Å². The summed E-state index contributed by atoms with van der Waals surface area (Å²) in [5.41, 5.74) is 0.615. The maximum absolute atomic E-state index is 11.2. The quantitative estimate of drug-likeness (QED) is 0.705. The molecular formula is C14H19ClO2. The van der Waals surface area contributed by atoms with Crippen LogP contribution in [0.3, 0.4) is 0 Å². The summed E-state index contributed by atoms with van der Waals surface area (Å²) in [6.07, 6.45) is 2.30. The average molecular weight is 255 g/mol. The molecule has 1 atom stereocenters. The fourth-order valence-electron chi connectivity index (χ4n) is 1.65. The van der Waals surface area contributed by atoms with E-state index in [0.717, 1.165) is 12.8 Å². The number of Topliss-reactive ketones (excluding diaryl/α,β-unsaturated/α-hetero) is 1. The minimum Gasteiger partial charge on any atom is -0.492 e. The van der Waals surface area contributed by atoms with Crippen LogP contribution in [-0.2, 0) is 0 Å². The molecule has 0 aliphatic heterocycles. The lowest BCUT2D eigenvalue weighted by Gasteiger charge is -2.13.